The molecule has 3 N–H and O–H groups in total. The van der Waals surface area contributed by atoms with Crippen LogP contribution in [0.1, 0.15) is 16.7 Å². The second-order valence-corrected chi connectivity index (χ2v) is 14.6. The molecule has 0 aliphatic heterocycles. The number of carboxylic acids is 1. The van der Waals surface area contributed by atoms with E-state index in [0.29, 0.717) is 149 Å². The van der Waals surface area contributed by atoms with E-state index in [9.17, 15) is 14.4 Å². The Kier molecular flexibility index (Phi) is 27.5. The molecule has 2 heterocycles. The van der Waals surface area contributed by atoms with E-state index in [1.54, 1.807) is 35.9 Å². The number of ether oxygens (including phenoxy) is 9. The van der Waals surface area contributed by atoms with Gasteiger partial charge >= 0.3 is 11.7 Å². The largest absolute Gasteiger partial charge is 0.478 e. The van der Waals surface area contributed by atoms with Crippen LogP contribution in [-0.2, 0) is 73.4 Å². The zero-order valence-electron chi connectivity index (χ0n) is 38.4. The molecular weight excluding hydrogens is 869 g/mol. The number of rotatable bonds is 35. The van der Waals surface area contributed by atoms with Crippen LogP contribution in [-0.4, -0.2) is 161 Å². The lowest BCUT2D eigenvalue weighted by molar-refractivity contribution is -0.131. The molecule has 18 heteroatoms. The van der Waals surface area contributed by atoms with E-state index >= 15 is 0 Å². The molecule has 5 aromatic rings. The molecule has 0 bridgehead atoms. The maximum Gasteiger partial charge on any atom is 0.332 e. The summed E-state index contributed by atoms with van der Waals surface area (Å²) in [6, 6.07) is 26.7. The number of aromatic amines is 1. The summed E-state index contributed by atoms with van der Waals surface area (Å²) in [5.41, 5.74) is 3.35. The van der Waals surface area contributed by atoms with Crippen molar-refractivity contribution in [2.45, 2.75) is 25.9 Å². The molecular formula is C49H66N4O14. The van der Waals surface area contributed by atoms with Gasteiger partial charge in [0.2, 0.25) is 0 Å². The summed E-state index contributed by atoms with van der Waals surface area (Å²) in [4.78, 5) is 45.6. The van der Waals surface area contributed by atoms with Crippen molar-refractivity contribution in [3.8, 4) is 11.4 Å². The number of aliphatic carboxylic acids is 1. The van der Waals surface area contributed by atoms with Gasteiger partial charge in [-0.3, -0.25) is 13.9 Å². The standard InChI is InChI=1S/C30H26N4O4.C19H40O10/c35-25(36)16-13-23-11-14-24(15-12-23)27-31-26-28(32-27)33(19-17-21-7-3-1-4-8-21)30(38)34(29(26)37)20-18-22-9-5-2-6-10-22;1-21-4-5-23-8-9-25-12-13-27-16-17-29-19-18-28-15-14-26-11-10-24-7-6-22-3-2-20/h1-16H,17-20H2,(H,31,32)(H,35,36);20H,2-19H2,1H3/b16-13+;. The van der Waals surface area contributed by atoms with Crippen molar-refractivity contribution in [3.63, 3.8) is 0 Å². The minimum atomic E-state index is -1.02. The molecule has 0 radical (unpaired) electrons. The number of aliphatic hydroxyl groups is 1. The van der Waals surface area contributed by atoms with Gasteiger partial charge in [-0.05, 0) is 35.6 Å². The molecule has 18 nitrogen and oxygen atoms in total. The number of aromatic nitrogens is 4. The number of aryl methyl sites for hydroxylation is 3. The Morgan fingerprint density at radius 1 is 0.582 bits per heavy atom. The van der Waals surface area contributed by atoms with Crippen molar-refractivity contribution in [1.82, 2.24) is 19.1 Å². The van der Waals surface area contributed by atoms with Gasteiger partial charge in [-0.25, -0.2) is 14.6 Å². The maximum atomic E-state index is 13.6. The third-order valence-electron chi connectivity index (χ3n) is 9.67. The Morgan fingerprint density at radius 2 is 1.00 bits per heavy atom. The molecule has 5 rings (SSSR count). The lowest BCUT2D eigenvalue weighted by Gasteiger charge is -2.11. The third-order valence-corrected chi connectivity index (χ3v) is 9.67. The zero-order chi connectivity index (χ0) is 47.6. The fraction of sp³-hybridized carbons (Fsp3) is 0.469. The molecule has 0 aliphatic carbocycles. The number of nitrogens with one attached hydrogen (secondary N) is 1. The van der Waals surface area contributed by atoms with Gasteiger partial charge in [0, 0.05) is 31.8 Å². The number of fused-ring (bicyclic) bond motifs is 1. The Morgan fingerprint density at radius 3 is 1.42 bits per heavy atom. The molecule has 0 atom stereocenters. The maximum absolute atomic E-state index is 13.6. The number of benzene rings is 3. The summed E-state index contributed by atoms with van der Waals surface area (Å²) in [5.74, 6) is -0.567. The molecule has 0 fully saturated rings. The van der Waals surface area contributed by atoms with Gasteiger partial charge in [0.15, 0.2) is 5.65 Å². The van der Waals surface area contributed by atoms with E-state index < -0.39 is 11.5 Å². The zero-order valence-corrected chi connectivity index (χ0v) is 38.4. The SMILES string of the molecule is COCCOCCOCCOCCOCCOCCOCCOCCOCCO.O=C(O)/C=C/c1ccc(-c2nc3c([nH]2)c(=O)n(CCc2ccccc2)c(=O)n3CCc2ccccc2)cc1. The minimum absolute atomic E-state index is 0.0322. The highest BCUT2D eigenvalue weighted by atomic mass is 16.6. The molecule has 0 unspecified atom stereocenters. The second-order valence-electron chi connectivity index (χ2n) is 14.6. The minimum Gasteiger partial charge on any atom is -0.478 e. The van der Waals surface area contributed by atoms with Crippen LogP contribution < -0.4 is 11.2 Å². The lowest BCUT2D eigenvalue weighted by atomic mass is 10.1. The number of hydrogen-bond donors (Lipinski definition) is 3. The monoisotopic (exact) mass is 934 g/mol. The van der Waals surface area contributed by atoms with Gasteiger partial charge in [0.05, 0.1) is 119 Å². The molecule has 366 valence electrons. The molecule has 2 aromatic heterocycles. The first-order chi connectivity index (χ1) is 32.9. The van der Waals surface area contributed by atoms with E-state index in [1.165, 1.54) is 10.6 Å². The summed E-state index contributed by atoms with van der Waals surface area (Å²) in [7, 11) is 1.64. The van der Waals surface area contributed by atoms with E-state index in [-0.39, 0.29) is 24.4 Å². The van der Waals surface area contributed by atoms with Gasteiger partial charge in [-0.1, -0.05) is 84.9 Å². The van der Waals surface area contributed by atoms with Crippen LogP contribution in [0.15, 0.2) is 101 Å². The molecule has 0 saturated carbocycles. The van der Waals surface area contributed by atoms with Crippen LogP contribution >= 0.6 is 0 Å². The summed E-state index contributed by atoms with van der Waals surface area (Å²) >= 11 is 0. The van der Waals surface area contributed by atoms with Crippen LogP contribution in [0.25, 0.3) is 28.6 Å². The van der Waals surface area contributed by atoms with Crippen LogP contribution in [0.4, 0.5) is 0 Å². The average Bonchev–Trinajstić information content (AvgIpc) is 3.80. The van der Waals surface area contributed by atoms with E-state index in [0.717, 1.165) is 22.8 Å². The Balaban J connectivity index is 0.000000306. The van der Waals surface area contributed by atoms with Gasteiger partial charge in [-0.2, -0.15) is 0 Å². The number of nitrogens with zero attached hydrogens (tertiary/aromatic N) is 3. The lowest BCUT2D eigenvalue weighted by Crippen LogP contribution is -2.41. The Bertz CT molecular complexity index is 2190. The summed E-state index contributed by atoms with van der Waals surface area (Å²) in [5, 5.41) is 17.4. The number of aliphatic hydroxyl groups excluding tert-OH is 1. The number of carbonyl (C=O) groups is 1. The van der Waals surface area contributed by atoms with E-state index in [4.69, 9.17) is 52.8 Å². The van der Waals surface area contributed by atoms with Crippen molar-refractivity contribution in [2.24, 2.45) is 0 Å². The van der Waals surface area contributed by atoms with Crippen LogP contribution in [0, 0.1) is 0 Å². The molecule has 0 aliphatic rings. The number of carboxylic acid groups (broad SMARTS) is 1. The molecule has 0 spiro atoms. The highest BCUT2D eigenvalue weighted by molar-refractivity contribution is 5.85. The highest BCUT2D eigenvalue weighted by Crippen LogP contribution is 2.20. The molecule has 3 aromatic carbocycles. The van der Waals surface area contributed by atoms with Crippen molar-refractivity contribution in [3.05, 3.63) is 129 Å². The van der Waals surface area contributed by atoms with Crippen LogP contribution in [0.3, 0.4) is 0 Å². The molecule has 0 amide bonds. The van der Waals surface area contributed by atoms with Crippen LogP contribution in [0.5, 0.6) is 0 Å². The number of methoxy groups -OCH3 is 1. The second kappa shape index (κ2) is 34.0. The van der Waals surface area contributed by atoms with Gasteiger partial charge in [0.1, 0.15) is 11.3 Å². The predicted molar refractivity (Wildman–Crippen MR) is 253 cm³/mol. The first-order valence-corrected chi connectivity index (χ1v) is 22.5. The van der Waals surface area contributed by atoms with Gasteiger partial charge < -0.3 is 57.8 Å². The van der Waals surface area contributed by atoms with Crippen molar-refractivity contribution in [2.75, 3.05) is 126 Å². The fourth-order valence-electron chi connectivity index (χ4n) is 6.24. The smallest absolute Gasteiger partial charge is 0.332 e. The number of hydrogen-bond acceptors (Lipinski definition) is 14. The summed E-state index contributed by atoms with van der Waals surface area (Å²) in [6.45, 7) is 9.52. The summed E-state index contributed by atoms with van der Waals surface area (Å²) in [6.07, 6.45) is 3.73. The van der Waals surface area contributed by atoms with Crippen molar-refractivity contribution >= 4 is 23.2 Å². The van der Waals surface area contributed by atoms with E-state index in [1.807, 2.05) is 60.7 Å². The first kappa shape index (κ1) is 54.2. The highest BCUT2D eigenvalue weighted by Gasteiger charge is 2.18. The predicted octanol–water partition coefficient (Wildman–Crippen LogP) is 3.89. The third kappa shape index (κ3) is 21.9. The van der Waals surface area contributed by atoms with E-state index in [2.05, 4.69) is 9.97 Å². The van der Waals surface area contributed by atoms with Gasteiger partial charge in [-0.15, -0.1) is 0 Å². The number of imidazole rings is 1. The molecule has 67 heavy (non-hydrogen) atoms. The van der Waals surface area contributed by atoms with Crippen molar-refractivity contribution in [1.29, 1.82) is 0 Å². The quantitative estimate of drug-likeness (QED) is 0.0389. The fourth-order valence-corrected chi connectivity index (χ4v) is 6.24. The first-order valence-electron chi connectivity index (χ1n) is 22.5. The Labute approximate surface area is 390 Å². The number of H-pyrrole nitrogens is 1. The Hall–Kier alpha value is -5.38. The normalized spacial score (nSPS) is 11.4. The molecule has 0 saturated heterocycles. The summed E-state index contributed by atoms with van der Waals surface area (Å²) < 4.78 is 50.3. The van der Waals surface area contributed by atoms with Crippen LogP contribution in [0.2, 0.25) is 0 Å². The van der Waals surface area contributed by atoms with Gasteiger partial charge in [0.25, 0.3) is 5.56 Å². The topological polar surface area (TPSA) is 213 Å². The van der Waals surface area contributed by atoms with Crippen molar-refractivity contribution < 1.29 is 57.6 Å². The average molecular weight is 935 g/mol.